The van der Waals surface area contributed by atoms with Crippen LogP contribution < -0.4 is 4.90 Å². The topological polar surface area (TPSA) is 3.24 Å². The number of rotatable bonds is 7. The molecule has 0 aromatic heterocycles. The van der Waals surface area contributed by atoms with Crippen molar-refractivity contribution in [2.45, 2.75) is 88.9 Å². The minimum atomic E-state index is -0.153. The Morgan fingerprint density at radius 1 is 0.509 bits per heavy atom. The molecule has 4 aliphatic carbocycles. The Morgan fingerprint density at radius 2 is 1.25 bits per heavy atom. The van der Waals surface area contributed by atoms with Gasteiger partial charge in [0, 0.05) is 22.5 Å². The van der Waals surface area contributed by atoms with Crippen LogP contribution in [0.2, 0.25) is 0 Å². The first-order valence-electron chi connectivity index (χ1n) is 21.9. The van der Waals surface area contributed by atoms with E-state index in [0.29, 0.717) is 11.8 Å². The zero-order chi connectivity index (χ0) is 38.1. The molecule has 0 heterocycles. The molecule has 3 atom stereocenters. The molecule has 3 fully saturated rings. The summed E-state index contributed by atoms with van der Waals surface area (Å²) >= 11 is 0. The highest BCUT2D eigenvalue weighted by Gasteiger charge is 2.41. The van der Waals surface area contributed by atoms with Crippen LogP contribution >= 0.6 is 0 Å². The van der Waals surface area contributed by atoms with Gasteiger partial charge in [-0.3, -0.25) is 0 Å². The molecule has 0 amide bonds. The van der Waals surface area contributed by atoms with Crippen LogP contribution in [0.25, 0.3) is 44.2 Å². The van der Waals surface area contributed by atoms with Crippen molar-refractivity contribution in [1.82, 2.24) is 0 Å². The molecule has 0 N–H and O–H groups in total. The van der Waals surface area contributed by atoms with Gasteiger partial charge in [0.25, 0.3) is 0 Å². The molecule has 0 aliphatic heterocycles. The van der Waals surface area contributed by atoms with Crippen LogP contribution in [0.3, 0.4) is 0 Å². The van der Waals surface area contributed by atoms with E-state index in [1.165, 1.54) is 141 Å². The minimum Gasteiger partial charge on any atom is -0.310 e. The summed E-state index contributed by atoms with van der Waals surface area (Å²) in [7, 11) is 0. The van der Waals surface area contributed by atoms with Gasteiger partial charge in [0.1, 0.15) is 0 Å². The molecule has 7 aromatic rings. The molecule has 11 rings (SSSR count). The van der Waals surface area contributed by atoms with Gasteiger partial charge in [0.2, 0.25) is 0 Å². The largest absolute Gasteiger partial charge is 0.310 e. The monoisotopic (exact) mass is 739 g/mol. The van der Waals surface area contributed by atoms with Gasteiger partial charge < -0.3 is 4.90 Å². The Hall–Kier alpha value is -5.40. The van der Waals surface area contributed by atoms with Gasteiger partial charge in [-0.05, 0) is 159 Å². The standard InChI is InChI=1S/C56H53N/c1-56(2)53-25-11-10-23-50(53)55-52(49-24-13-17-39-16-6-7-21-47(39)49)35-45(36-54(55)56)57(43-30-28-40(29-31-43)51-33-37-26-27-42(51)32-37)44-19-12-18-41(34-44)48-22-9-8-20-46(48)38-14-4-3-5-15-38/h6-13,16-25,28-31,34-38,42,51H,3-5,14-15,26-27,32-33H2,1-2H3. The lowest BCUT2D eigenvalue weighted by atomic mass is 9.80. The van der Waals surface area contributed by atoms with E-state index >= 15 is 0 Å². The maximum atomic E-state index is 2.56. The number of hydrogen-bond donors (Lipinski definition) is 0. The van der Waals surface area contributed by atoms with Crippen LogP contribution in [0.15, 0.2) is 152 Å². The Morgan fingerprint density at radius 3 is 2.07 bits per heavy atom. The third-order valence-electron chi connectivity index (χ3n) is 14.7. The Kier molecular flexibility index (Phi) is 8.50. The van der Waals surface area contributed by atoms with E-state index in [1.54, 1.807) is 0 Å². The highest BCUT2D eigenvalue weighted by atomic mass is 15.1. The lowest BCUT2D eigenvalue weighted by Crippen LogP contribution is -2.17. The van der Waals surface area contributed by atoms with Gasteiger partial charge in [-0.1, -0.05) is 155 Å². The number of benzene rings is 7. The first-order valence-corrected chi connectivity index (χ1v) is 21.9. The maximum Gasteiger partial charge on any atom is 0.0471 e. The molecule has 1 heteroatoms. The quantitative estimate of drug-likeness (QED) is 0.157. The summed E-state index contributed by atoms with van der Waals surface area (Å²) in [5, 5.41) is 2.57. The highest BCUT2D eigenvalue weighted by Crippen LogP contribution is 2.56. The number of fused-ring (bicyclic) bond motifs is 6. The zero-order valence-corrected chi connectivity index (χ0v) is 33.6. The van der Waals surface area contributed by atoms with E-state index in [4.69, 9.17) is 0 Å². The van der Waals surface area contributed by atoms with E-state index in [9.17, 15) is 0 Å². The molecular weight excluding hydrogens is 687 g/mol. The van der Waals surface area contributed by atoms with Gasteiger partial charge >= 0.3 is 0 Å². The number of anilines is 3. The molecule has 0 radical (unpaired) electrons. The second kappa shape index (κ2) is 13.9. The van der Waals surface area contributed by atoms with E-state index in [1.807, 2.05) is 0 Å². The van der Waals surface area contributed by atoms with Crippen molar-refractivity contribution in [3.05, 3.63) is 174 Å². The molecule has 3 unspecified atom stereocenters. The predicted octanol–water partition coefficient (Wildman–Crippen LogP) is 15.9. The van der Waals surface area contributed by atoms with Crippen molar-refractivity contribution >= 4 is 27.8 Å². The van der Waals surface area contributed by atoms with Crippen molar-refractivity contribution in [3.8, 4) is 33.4 Å². The average Bonchev–Trinajstić information content (AvgIpc) is 3.97. The molecule has 3 saturated carbocycles. The summed E-state index contributed by atoms with van der Waals surface area (Å²) in [5.41, 5.74) is 17.4. The molecule has 0 spiro atoms. The second-order valence-corrected chi connectivity index (χ2v) is 18.3. The van der Waals surface area contributed by atoms with Crippen LogP contribution in [0, 0.1) is 11.8 Å². The van der Waals surface area contributed by atoms with Gasteiger partial charge in [-0.15, -0.1) is 0 Å². The van der Waals surface area contributed by atoms with E-state index < -0.39 is 0 Å². The maximum absolute atomic E-state index is 2.56. The van der Waals surface area contributed by atoms with Crippen LogP contribution in [-0.4, -0.2) is 0 Å². The predicted molar refractivity (Wildman–Crippen MR) is 241 cm³/mol. The summed E-state index contributed by atoms with van der Waals surface area (Å²) < 4.78 is 0. The lowest BCUT2D eigenvalue weighted by molar-refractivity contribution is 0.420. The Balaban J connectivity index is 1.12. The molecule has 57 heavy (non-hydrogen) atoms. The van der Waals surface area contributed by atoms with Crippen molar-refractivity contribution in [2.75, 3.05) is 4.90 Å². The third-order valence-corrected chi connectivity index (χ3v) is 14.7. The zero-order valence-electron chi connectivity index (χ0n) is 33.6. The minimum absolute atomic E-state index is 0.153. The molecular formula is C56H53N. The molecule has 1 nitrogen and oxygen atoms in total. The smallest absolute Gasteiger partial charge is 0.0471 e. The number of nitrogens with zero attached hydrogens (tertiary/aromatic N) is 1. The summed E-state index contributed by atoms with van der Waals surface area (Å²) in [5.74, 6) is 3.14. The fourth-order valence-electron chi connectivity index (χ4n) is 11.9. The molecule has 2 bridgehead atoms. The van der Waals surface area contributed by atoms with Crippen LogP contribution in [0.4, 0.5) is 17.1 Å². The van der Waals surface area contributed by atoms with Gasteiger partial charge in [0.15, 0.2) is 0 Å². The van der Waals surface area contributed by atoms with Crippen molar-refractivity contribution in [3.63, 3.8) is 0 Å². The van der Waals surface area contributed by atoms with Gasteiger partial charge in [-0.2, -0.15) is 0 Å². The molecule has 282 valence electrons. The molecule has 7 aromatic carbocycles. The van der Waals surface area contributed by atoms with Crippen LogP contribution in [0.1, 0.15) is 106 Å². The van der Waals surface area contributed by atoms with Crippen LogP contribution in [0.5, 0.6) is 0 Å². The van der Waals surface area contributed by atoms with E-state index in [-0.39, 0.29) is 5.41 Å². The summed E-state index contributed by atoms with van der Waals surface area (Å²) in [6.07, 6.45) is 12.3. The number of hydrogen-bond acceptors (Lipinski definition) is 1. The van der Waals surface area contributed by atoms with Crippen LogP contribution in [-0.2, 0) is 5.41 Å². The first-order chi connectivity index (χ1) is 28.0. The summed E-state index contributed by atoms with van der Waals surface area (Å²) in [4.78, 5) is 2.56. The van der Waals surface area contributed by atoms with Crippen molar-refractivity contribution in [1.29, 1.82) is 0 Å². The lowest BCUT2D eigenvalue weighted by Gasteiger charge is -2.30. The fourth-order valence-corrected chi connectivity index (χ4v) is 11.9. The van der Waals surface area contributed by atoms with E-state index in [2.05, 4.69) is 170 Å². The fraction of sp³-hybridized carbons (Fsp3) is 0.286. The normalized spacial score (nSPS) is 20.8. The first kappa shape index (κ1) is 34.8. The van der Waals surface area contributed by atoms with E-state index in [0.717, 1.165) is 11.8 Å². The van der Waals surface area contributed by atoms with Gasteiger partial charge in [-0.25, -0.2) is 0 Å². The Labute approximate surface area is 339 Å². The third kappa shape index (κ3) is 5.88. The van der Waals surface area contributed by atoms with Crippen molar-refractivity contribution < 1.29 is 0 Å². The summed E-state index contributed by atoms with van der Waals surface area (Å²) in [6.45, 7) is 4.84. The highest BCUT2D eigenvalue weighted by molar-refractivity contribution is 6.04. The Bertz CT molecular complexity index is 2620. The average molecular weight is 740 g/mol. The SMILES string of the molecule is CC1(C)c2ccccc2-c2c(-c3cccc4ccccc34)cc(N(c3ccc(C4CC5CCC4C5)cc3)c3cccc(-c4ccccc4C4CCCCC4)c3)cc21. The van der Waals surface area contributed by atoms with Gasteiger partial charge in [0.05, 0.1) is 0 Å². The molecule has 0 saturated heterocycles. The second-order valence-electron chi connectivity index (χ2n) is 18.3. The van der Waals surface area contributed by atoms with Crippen molar-refractivity contribution in [2.24, 2.45) is 11.8 Å². The molecule has 4 aliphatic rings. The summed E-state index contributed by atoms with van der Waals surface area (Å²) in [6, 6.07) is 58.3.